The SMILES string of the molecule is Cc1cc(OCc2ccccc2Cl)cc(OC(C)N2CCNCC2)c1. The average Bonchev–Trinajstić information content (AvgIpc) is 2.61. The van der Waals surface area contributed by atoms with Crippen molar-refractivity contribution in [2.24, 2.45) is 0 Å². The second-order valence-electron chi connectivity index (χ2n) is 6.36. The van der Waals surface area contributed by atoms with Crippen LogP contribution in [-0.4, -0.2) is 37.3 Å². The number of halogens is 1. The van der Waals surface area contributed by atoms with Crippen molar-refractivity contribution in [2.75, 3.05) is 26.2 Å². The maximum absolute atomic E-state index is 6.19. The summed E-state index contributed by atoms with van der Waals surface area (Å²) in [4.78, 5) is 2.34. The zero-order valence-electron chi connectivity index (χ0n) is 14.8. The third-order valence-electron chi connectivity index (χ3n) is 4.35. The Morgan fingerprint density at radius 1 is 1.12 bits per heavy atom. The lowest BCUT2D eigenvalue weighted by molar-refractivity contribution is 0.0309. The van der Waals surface area contributed by atoms with E-state index in [2.05, 4.69) is 17.1 Å². The normalized spacial score (nSPS) is 16.4. The lowest BCUT2D eigenvalue weighted by Crippen LogP contribution is -2.49. The highest BCUT2D eigenvalue weighted by Gasteiger charge is 2.18. The highest BCUT2D eigenvalue weighted by Crippen LogP contribution is 2.26. The first-order valence-corrected chi connectivity index (χ1v) is 9.09. The molecule has 4 nitrogen and oxygen atoms in total. The molecular weight excluding hydrogens is 336 g/mol. The van der Waals surface area contributed by atoms with Gasteiger partial charge in [-0.1, -0.05) is 29.8 Å². The molecule has 25 heavy (non-hydrogen) atoms. The third-order valence-corrected chi connectivity index (χ3v) is 4.72. The van der Waals surface area contributed by atoms with Crippen LogP contribution in [0.4, 0.5) is 0 Å². The molecular formula is C20H25ClN2O2. The van der Waals surface area contributed by atoms with Crippen LogP contribution in [0.1, 0.15) is 18.1 Å². The summed E-state index contributed by atoms with van der Waals surface area (Å²) < 4.78 is 12.1. The summed E-state index contributed by atoms with van der Waals surface area (Å²) in [5.41, 5.74) is 2.08. The van der Waals surface area contributed by atoms with Crippen molar-refractivity contribution in [1.82, 2.24) is 10.2 Å². The number of rotatable bonds is 6. The molecule has 0 spiro atoms. The number of hydrogen-bond donors (Lipinski definition) is 1. The first-order valence-electron chi connectivity index (χ1n) is 8.71. The molecule has 2 aromatic carbocycles. The van der Waals surface area contributed by atoms with E-state index in [4.69, 9.17) is 21.1 Å². The minimum atomic E-state index is 0.0420. The summed E-state index contributed by atoms with van der Waals surface area (Å²) in [6.07, 6.45) is 0.0420. The van der Waals surface area contributed by atoms with Crippen molar-refractivity contribution in [3.63, 3.8) is 0 Å². The van der Waals surface area contributed by atoms with Crippen LogP contribution >= 0.6 is 11.6 Å². The van der Waals surface area contributed by atoms with Crippen molar-refractivity contribution in [3.05, 3.63) is 58.6 Å². The van der Waals surface area contributed by atoms with Gasteiger partial charge in [-0.2, -0.15) is 0 Å². The zero-order chi connectivity index (χ0) is 17.6. The van der Waals surface area contributed by atoms with E-state index in [0.29, 0.717) is 6.61 Å². The Morgan fingerprint density at radius 2 is 1.84 bits per heavy atom. The molecule has 1 N–H and O–H groups in total. The Labute approximate surface area is 154 Å². The highest BCUT2D eigenvalue weighted by atomic mass is 35.5. The predicted octanol–water partition coefficient (Wildman–Crippen LogP) is 3.86. The fourth-order valence-electron chi connectivity index (χ4n) is 2.96. The van der Waals surface area contributed by atoms with E-state index < -0.39 is 0 Å². The molecule has 1 heterocycles. The number of ether oxygens (including phenoxy) is 2. The topological polar surface area (TPSA) is 33.7 Å². The first-order chi connectivity index (χ1) is 12.1. The molecule has 1 fully saturated rings. The molecule has 0 amide bonds. The van der Waals surface area contributed by atoms with Gasteiger partial charge in [0.15, 0.2) is 0 Å². The van der Waals surface area contributed by atoms with E-state index in [1.165, 1.54) is 0 Å². The lowest BCUT2D eigenvalue weighted by Gasteiger charge is -2.32. The van der Waals surface area contributed by atoms with Crippen molar-refractivity contribution in [3.8, 4) is 11.5 Å². The fourth-order valence-corrected chi connectivity index (χ4v) is 3.15. The van der Waals surface area contributed by atoms with Crippen LogP contribution < -0.4 is 14.8 Å². The monoisotopic (exact) mass is 360 g/mol. The number of aryl methyl sites for hydroxylation is 1. The summed E-state index contributed by atoms with van der Waals surface area (Å²) >= 11 is 6.19. The van der Waals surface area contributed by atoms with E-state index >= 15 is 0 Å². The summed E-state index contributed by atoms with van der Waals surface area (Å²) in [5, 5.41) is 4.08. The van der Waals surface area contributed by atoms with Crippen LogP contribution in [0.25, 0.3) is 0 Å². The van der Waals surface area contributed by atoms with Crippen LogP contribution in [0.5, 0.6) is 11.5 Å². The van der Waals surface area contributed by atoms with Crippen molar-refractivity contribution in [1.29, 1.82) is 0 Å². The standard InChI is InChI=1S/C20H25ClN2O2/c1-15-11-18(24-14-17-5-3-4-6-20(17)21)13-19(12-15)25-16(2)23-9-7-22-8-10-23/h3-6,11-13,16,22H,7-10,14H2,1-2H3. The number of hydrogen-bond acceptors (Lipinski definition) is 4. The van der Waals surface area contributed by atoms with Crippen LogP contribution in [0.3, 0.4) is 0 Å². The summed E-state index contributed by atoms with van der Waals surface area (Å²) in [6, 6.07) is 13.7. The molecule has 1 saturated heterocycles. The van der Waals surface area contributed by atoms with E-state index in [1.807, 2.05) is 49.4 Å². The number of benzene rings is 2. The number of piperazine rings is 1. The predicted molar refractivity (Wildman–Crippen MR) is 101 cm³/mol. The van der Waals surface area contributed by atoms with E-state index in [9.17, 15) is 0 Å². The van der Waals surface area contributed by atoms with Crippen LogP contribution in [0.15, 0.2) is 42.5 Å². The van der Waals surface area contributed by atoms with Gasteiger partial charge in [0.05, 0.1) is 0 Å². The van der Waals surface area contributed by atoms with Gasteiger partial charge in [-0.25, -0.2) is 0 Å². The largest absolute Gasteiger partial charge is 0.489 e. The molecule has 1 atom stereocenters. The Bertz CT molecular complexity index is 702. The van der Waals surface area contributed by atoms with Crippen LogP contribution in [-0.2, 0) is 6.61 Å². The van der Waals surface area contributed by atoms with E-state index in [0.717, 1.165) is 53.8 Å². The van der Waals surface area contributed by atoms with Gasteiger partial charge < -0.3 is 14.8 Å². The molecule has 0 bridgehead atoms. The maximum Gasteiger partial charge on any atom is 0.149 e. The molecule has 1 aliphatic heterocycles. The quantitative estimate of drug-likeness (QED) is 0.848. The Kier molecular flexibility index (Phi) is 6.19. The third kappa shape index (κ3) is 5.11. The van der Waals surface area contributed by atoms with Gasteiger partial charge in [0, 0.05) is 42.8 Å². The van der Waals surface area contributed by atoms with Crippen LogP contribution in [0.2, 0.25) is 5.02 Å². The fraction of sp³-hybridized carbons (Fsp3) is 0.400. The molecule has 0 radical (unpaired) electrons. The number of nitrogens with zero attached hydrogens (tertiary/aromatic N) is 1. The Morgan fingerprint density at radius 3 is 2.60 bits per heavy atom. The molecule has 0 aromatic heterocycles. The zero-order valence-corrected chi connectivity index (χ0v) is 15.6. The minimum Gasteiger partial charge on any atom is -0.489 e. The smallest absolute Gasteiger partial charge is 0.149 e. The van der Waals surface area contributed by atoms with Gasteiger partial charge >= 0.3 is 0 Å². The van der Waals surface area contributed by atoms with Crippen molar-refractivity contribution in [2.45, 2.75) is 26.7 Å². The van der Waals surface area contributed by atoms with Gasteiger partial charge in [-0.3, -0.25) is 4.90 Å². The van der Waals surface area contributed by atoms with Gasteiger partial charge in [0.2, 0.25) is 0 Å². The second-order valence-corrected chi connectivity index (χ2v) is 6.77. The van der Waals surface area contributed by atoms with Crippen molar-refractivity contribution >= 4 is 11.6 Å². The number of nitrogens with one attached hydrogen (secondary N) is 1. The maximum atomic E-state index is 6.19. The highest BCUT2D eigenvalue weighted by molar-refractivity contribution is 6.31. The van der Waals surface area contributed by atoms with Crippen LogP contribution in [0, 0.1) is 6.92 Å². The Hall–Kier alpha value is -1.75. The van der Waals surface area contributed by atoms with Crippen molar-refractivity contribution < 1.29 is 9.47 Å². The first kappa shape index (κ1) is 18.1. The molecule has 1 unspecified atom stereocenters. The molecule has 0 aliphatic carbocycles. The minimum absolute atomic E-state index is 0.0420. The van der Waals surface area contributed by atoms with Gasteiger partial charge in [-0.05, 0) is 37.6 Å². The molecule has 134 valence electrons. The second kappa shape index (κ2) is 8.56. The summed E-state index contributed by atoms with van der Waals surface area (Å²) in [5.74, 6) is 1.63. The molecule has 0 saturated carbocycles. The molecule has 1 aliphatic rings. The molecule has 5 heteroatoms. The van der Waals surface area contributed by atoms with Gasteiger partial charge in [-0.15, -0.1) is 0 Å². The van der Waals surface area contributed by atoms with Gasteiger partial charge in [0.25, 0.3) is 0 Å². The van der Waals surface area contributed by atoms with E-state index in [-0.39, 0.29) is 6.23 Å². The molecule has 3 rings (SSSR count). The average molecular weight is 361 g/mol. The van der Waals surface area contributed by atoms with E-state index in [1.54, 1.807) is 0 Å². The summed E-state index contributed by atoms with van der Waals surface area (Å²) in [7, 11) is 0. The molecule has 2 aromatic rings. The van der Waals surface area contributed by atoms with Gasteiger partial charge in [0.1, 0.15) is 24.3 Å². The summed E-state index contributed by atoms with van der Waals surface area (Å²) in [6.45, 7) is 8.60. The Balaban J connectivity index is 1.64. The lowest BCUT2D eigenvalue weighted by atomic mass is 10.2.